The van der Waals surface area contributed by atoms with Gasteiger partial charge in [0.05, 0.1) is 17.4 Å². The molecule has 0 amide bonds. The van der Waals surface area contributed by atoms with E-state index in [1.54, 1.807) is 4.68 Å². The Morgan fingerprint density at radius 1 is 0.972 bits per heavy atom. The Morgan fingerprint density at radius 2 is 1.72 bits per heavy atom. The minimum atomic E-state index is 0.0451. The molecule has 5 rings (SSSR count). The molecule has 1 atom stereocenters. The molecule has 3 aromatic carbocycles. The molecular weight excluding hydrogens is 444 g/mol. The number of rotatable bonds is 10. The molecule has 1 aliphatic rings. The topological polar surface area (TPSA) is 72.9 Å². The molecule has 36 heavy (non-hydrogen) atoms. The van der Waals surface area contributed by atoms with E-state index in [1.165, 1.54) is 29.5 Å². The number of hydrogen-bond donors (Lipinski definition) is 2. The molecule has 1 fully saturated rings. The monoisotopic (exact) mass is 478 g/mol. The average Bonchev–Trinajstić information content (AvgIpc) is 3.64. The minimum Gasteiger partial charge on any atom is -0.326 e. The van der Waals surface area contributed by atoms with Crippen LogP contribution in [0.3, 0.4) is 0 Å². The number of aromatic nitrogens is 2. The Morgan fingerprint density at radius 3 is 2.47 bits per heavy atom. The first-order valence-corrected chi connectivity index (χ1v) is 12.8. The lowest BCUT2D eigenvalue weighted by atomic mass is 9.95. The summed E-state index contributed by atoms with van der Waals surface area (Å²) in [7, 11) is 0. The zero-order chi connectivity index (χ0) is 25.1. The normalized spacial score (nSPS) is 14.1. The van der Waals surface area contributed by atoms with Crippen molar-refractivity contribution in [3.05, 3.63) is 118 Å². The number of ketones is 1. The lowest BCUT2D eigenvalue weighted by Gasteiger charge is -2.21. The van der Waals surface area contributed by atoms with Gasteiger partial charge < -0.3 is 11.1 Å². The summed E-state index contributed by atoms with van der Waals surface area (Å²) >= 11 is 0. The highest BCUT2D eigenvalue weighted by molar-refractivity contribution is 5.96. The minimum absolute atomic E-state index is 0.0451. The Balaban J connectivity index is 1.40. The van der Waals surface area contributed by atoms with Crippen LogP contribution in [0, 0.1) is 19.8 Å². The number of carbonyl (C=O) groups is 1. The lowest BCUT2D eigenvalue weighted by molar-refractivity contribution is 0.0985. The summed E-state index contributed by atoms with van der Waals surface area (Å²) in [5, 5.41) is 8.38. The van der Waals surface area contributed by atoms with Crippen LogP contribution in [0.1, 0.15) is 62.9 Å². The van der Waals surface area contributed by atoms with E-state index in [4.69, 9.17) is 5.73 Å². The van der Waals surface area contributed by atoms with Gasteiger partial charge in [0.2, 0.25) is 0 Å². The molecule has 5 heteroatoms. The van der Waals surface area contributed by atoms with E-state index in [9.17, 15) is 4.79 Å². The Labute approximate surface area is 213 Å². The summed E-state index contributed by atoms with van der Waals surface area (Å²) < 4.78 is 1.74. The number of hydrogen-bond acceptors (Lipinski definition) is 4. The SMILES string of the molecule is Cc1ccc(C(NCC2CC2)c2cccc(CC(=O)c3cc(C)nn3-c3cccc(CN)c3)c2)cc1. The van der Waals surface area contributed by atoms with Crippen molar-refractivity contribution >= 4 is 5.78 Å². The van der Waals surface area contributed by atoms with Crippen LogP contribution >= 0.6 is 0 Å². The first-order valence-electron chi connectivity index (χ1n) is 12.8. The van der Waals surface area contributed by atoms with Crippen LogP contribution in [-0.2, 0) is 13.0 Å². The maximum absolute atomic E-state index is 13.5. The molecule has 4 aromatic rings. The molecule has 1 aromatic heterocycles. The summed E-state index contributed by atoms with van der Waals surface area (Å²) in [5.41, 5.74) is 13.8. The zero-order valence-corrected chi connectivity index (χ0v) is 21.1. The standard InChI is InChI=1S/C31H34N4O/c1-21-9-13-26(14-10-21)31(33-20-23-11-12-23)27-7-3-5-24(16-27)18-30(36)29-15-22(2)34-35(29)28-8-4-6-25(17-28)19-32/h3-10,13-17,23,31,33H,11-12,18-20,32H2,1-2H3. The fourth-order valence-corrected chi connectivity index (χ4v) is 4.66. The lowest BCUT2D eigenvalue weighted by Crippen LogP contribution is -2.24. The van der Waals surface area contributed by atoms with Gasteiger partial charge in [-0.05, 0) is 79.6 Å². The van der Waals surface area contributed by atoms with Crippen molar-refractivity contribution < 1.29 is 4.79 Å². The fraction of sp³-hybridized carbons (Fsp3) is 0.290. The van der Waals surface area contributed by atoms with E-state index in [0.29, 0.717) is 18.7 Å². The number of carbonyl (C=O) groups excluding carboxylic acids is 1. The predicted octanol–water partition coefficient (Wildman–Crippen LogP) is 5.46. The second kappa shape index (κ2) is 10.6. The van der Waals surface area contributed by atoms with Crippen LogP contribution in [0.5, 0.6) is 0 Å². The first-order chi connectivity index (χ1) is 17.5. The number of aryl methyl sites for hydroxylation is 2. The van der Waals surface area contributed by atoms with Gasteiger partial charge in [-0.2, -0.15) is 5.10 Å². The molecule has 0 aliphatic heterocycles. The van der Waals surface area contributed by atoms with Crippen LogP contribution < -0.4 is 11.1 Å². The number of nitrogens with two attached hydrogens (primary N) is 1. The third-order valence-corrected chi connectivity index (χ3v) is 6.88. The van der Waals surface area contributed by atoms with Gasteiger partial charge in [-0.15, -0.1) is 0 Å². The largest absolute Gasteiger partial charge is 0.326 e. The van der Waals surface area contributed by atoms with Crippen molar-refractivity contribution in [1.29, 1.82) is 0 Å². The maximum Gasteiger partial charge on any atom is 0.185 e. The fourth-order valence-electron chi connectivity index (χ4n) is 4.66. The van der Waals surface area contributed by atoms with Crippen LogP contribution in [0.4, 0.5) is 0 Å². The Kier molecular flexibility index (Phi) is 7.12. The highest BCUT2D eigenvalue weighted by Gasteiger charge is 2.24. The quantitative estimate of drug-likeness (QED) is 0.297. The van der Waals surface area contributed by atoms with Gasteiger partial charge >= 0.3 is 0 Å². The molecule has 0 radical (unpaired) electrons. The molecule has 1 heterocycles. The maximum atomic E-state index is 13.5. The van der Waals surface area contributed by atoms with Crippen LogP contribution in [-0.4, -0.2) is 22.1 Å². The highest BCUT2D eigenvalue weighted by atomic mass is 16.1. The van der Waals surface area contributed by atoms with Crippen LogP contribution in [0.15, 0.2) is 78.9 Å². The third-order valence-electron chi connectivity index (χ3n) is 6.88. The third kappa shape index (κ3) is 5.64. The molecule has 5 nitrogen and oxygen atoms in total. The first kappa shape index (κ1) is 24.2. The van der Waals surface area contributed by atoms with Crippen molar-refractivity contribution in [2.45, 2.75) is 45.7 Å². The van der Waals surface area contributed by atoms with Gasteiger partial charge in [-0.3, -0.25) is 4.79 Å². The van der Waals surface area contributed by atoms with E-state index in [1.807, 2.05) is 43.3 Å². The number of Topliss-reactive ketones (excluding diaryl/α,β-unsaturated/α-hetero) is 1. The zero-order valence-electron chi connectivity index (χ0n) is 21.1. The molecule has 1 unspecified atom stereocenters. The molecule has 0 saturated heterocycles. The number of nitrogens with one attached hydrogen (secondary N) is 1. The van der Waals surface area contributed by atoms with Crippen LogP contribution in [0.25, 0.3) is 5.69 Å². The van der Waals surface area contributed by atoms with Crippen molar-refractivity contribution in [1.82, 2.24) is 15.1 Å². The van der Waals surface area contributed by atoms with Gasteiger partial charge in [-0.1, -0.05) is 66.2 Å². The molecule has 1 aliphatic carbocycles. The van der Waals surface area contributed by atoms with Gasteiger partial charge in [-0.25, -0.2) is 4.68 Å². The summed E-state index contributed by atoms with van der Waals surface area (Å²) in [6.07, 6.45) is 2.94. The smallest absolute Gasteiger partial charge is 0.185 e. The van der Waals surface area contributed by atoms with Crippen molar-refractivity contribution in [3.8, 4) is 5.69 Å². The van der Waals surface area contributed by atoms with Crippen molar-refractivity contribution in [2.75, 3.05) is 6.54 Å². The number of benzene rings is 3. The molecule has 184 valence electrons. The molecule has 0 spiro atoms. The Bertz CT molecular complexity index is 1350. The van der Waals surface area contributed by atoms with E-state index < -0.39 is 0 Å². The summed E-state index contributed by atoms with van der Waals surface area (Å²) in [5.74, 6) is 0.827. The number of nitrogens with zero attached hydrogens (tertiary/aromatic N) is 2. The summed E-state index contributed by atoms with van der Waals surface area (Å²) in [6.45, 7) is 5.49. The Hall–Kier alpha value is -3.54. The second-order valence-corrected chi connectivity index (χ2v) is 10.00. The van der Waals surface area contributed by atoms with Gasteiger partial charge in [0, 0.05) is 13.0 Å². The van der Waals surface area contributed by atoms with E-state index in [2.05, 4.69) is 59.8 Å². The molecule has 3 N–H and O–H groups in total. The van der Waals surface area contributed by atoms with Gasteiger partial charge in [0.25, 0.3) is 0 Å². The van der Waals surface area contributed by atoms with Gasteiger partial charge in [0.15, 0.2) is 5.78 Å². The van der Waals surface area contributed by atoms with Crippen molar-refractivity contribution in [3.63, 3.8) is 0 Å². The van der Waals surface area contributed by atoms with Crippen LogP contribution in [0.2, 0.25) is 0 Å². The second-order valence-electron chi connectivity index (χ2n) is 10.00. The summed E-state index contributed by atoms with van der Waals surface area (Å²) in [6, 6.07) is 27.0. The predicted molar refractivity (Wildman–Crippen MR) is 144 cm³/mol. The molecule has 1 saturated carbocycles. The molecule has 0 bridgehead atoms. The van der Waals surface area contributed by atoms with E-state index in [0.717, 1.165) is 35.0 Å². The summed E-state index contributed by atoms with van der Waals surface area (Å²) in [4.78, 5) is 13.5. The van der Waals surface area contributed by atoms with Crippen molar-refractivity contribution in [2.24, 2.45) is 11.7 Å². The van der Waals surface area contributed by atoms with Gasteiger partial charge in [0.1, 0.15) is 5.69 Å². The highest BCUT2D eigenvalue weighted by Crippen LogP contribution is 2.30. The average molecular weight is 479 g/mol. The molecular formula is C31H34N4O. The van der Waals surface area contributed by atoms with E-state index >= 15 is 0 Å². The van der Waals surface area contributed by atoms with E-state index in [-0.39, 0.29) is 11.8 Å².